The minimum atomic E-state index is -0.253. The van der Waals surface area contributed by atoms with Crippen LogP contribution in [0.15, 0.2) is 42.5 Å². The molecule has 0 radical (unpaired) electrons. The Bertz CT molecular complexity index is 649. The monoisotopic (exact) mass is 299 g/mol. The van der Waals surface area contributed by atoms with Gasteiger partial charge in [0.2, 0.25) is 5.91 Å². The number of amides is 1. The minimum Gasteiger partial charge on any atom is -0.350 e. The Balaban J connectivity index is 1.88. The molecule has 2 nitrogen and oxygen atoms in total. The van der Waals surface area contributed by atoms with Crippen LogP contribution in [0.2, 0.25) is 0 Å². The average molecular weight is 299 g/mol. The van der Waals surface area contributed by atoms with Crippen molar-refractivity contribution in [1.82, 2.24) is 5.32 Å². The largest absolute Gasteiger partial charge is 0.350 e. The highest BCUT2D eigenvalue weighted by atomic mass is 19.1. The fourth-order valence-corrected chi connectivity index (χ4v) is 2.34. The van der Waals surface area contributed by atoms with Gasteiger partial charge in [-0.05, 0) is 61.6 Å². The lowest BCUT2D eigenvalue weighted by Crippen LogP contribution is -2.26. The second-order valence-corrected chi connectivity index (χ2v) is 5.76. The lowest BCUT2D eigenvalue weighted by molar-refractivity contribution is -0.121. The molecule has 0 aromatic heterocycles. The molecule has 0 aliphatic heterocycles. The molecule has 0 heterocycles. The number of rotatable bonds is 5. The molecule has 2 rings (SSSR count). The normalized spacial score (nSPS) is 12.0. The molecule has 2 aromatic carbocycles. The third kappa shape index (κ3) is 4.42. The van der Waals surface area contributed by atoms with Crippen LogP contribution in [0.1, 0.15) is 41.6 Å². The summed E-state index contributed by atoms with van der Waals surface area (Å²) in [6.07, 6.45) is 1.02. The quantitative estimate of drug-likeness (QED) is 0.878. The molecule has 0 bridgehead atoms. The summed E-state index contributed by atoms with van der Waals surface area (Å²) in [4.78, 5) is 12.0. The molecule has 0 spiro atoms. The van der Waals surface area contributed by atoms with Gasteiger partial charge in [0.05, 0.1) is 6.04 Å². The summed E-state index contributed by atoms with van der Waals surface area (Å²) in [5.41, 5.74) is 4.55. The Morgan fingerprint density at radius 2 is 1.77 bits per heavy atom. The van der Waals surface area contributed by atoms with E-state index in [1.54, 1.807) is 12.1 Å². The standard InChI is InChI=1S/C19H22FNO/c1-13-4-8-17(12-14(13)2)15(3)21-19(22)11-7-16-5-9-18(20)10-6-16/h4-6,8-10,12,15H,7,11H2,1-3H3,(H,21,22)/t15-/m0/s1. The Labute approximate surface area is 131 Å². The molecule has 1 atom stereocenters. The van der Waals surface area contributed by atoms with Crippen molar-refractivity contribution >= 4 is 5.91 Å². The van der Waals surface area contributed by atoms with Gasteiger partial charge in [-0.2, -0.15) is 0 Å². The lowest BCUT2D eigenvalue weighted by Gasteiger charge is -2.15. The number of hydrogen-bond donors (Lipinski definition) is 1. The van der Waals surface area contributed by atoms with E-state index in [1.165, 1.54) is 23.3 Å². The summed E-state index contributed by atoms with van der Waals surface area (Å²) >= 11 is 0. The summed E-state index contributed by atoms with van der Waals surface area (Å²) in [7, 11) is 0. The topological polar surface area (TPSA) is 29.1 Å². The van der Waals surface area contributed by atoms with Crippen LogP contribution in [0.3, 0.4) is 0 Å². The summed E-state index contributed by atoms with van der Waals surface area (Å²) < 4.78 is 12.8. The molecule has 3 heteroatoms. The maximum atomic E-state index is 12.8. The van der Waals surface area contributed by atoms with Crippen LogP contribution in [0.4, 0.5) is 4.39 Å². The van der Waals surface area contributed by atoms with Gasteiger partial charge in [0, 0.05) is 6.42 Å². The van der Waals surface area contributed by atoms with Crippen molar-refractivity contribution in [3.63, 3.8) is 0 Å². The smallest absolute Gasteiger partial charge is 0.220 e. The zero-order valence-corrected chi connectivity index (χ0v) is 13.3. The minimum absolute atomic E-state index is 0.00931. The molecule has 0 saturated heterocycles. The maximum Gasteiger partial charge on any atom is 0.220 e. The average Bonchev–Trinajstić information content (AvgIpc) is 2.49. The van der Waals surface area contributed by atoms with E-state index in [4.69, 9.17) is 0 Å². The summed E-state index contributed by atoms with van der Waals surface area (Å²) in [6.45, 7) is 6.13. The summed E-state index contributed by atoms with van der Waals surface area (Å²) in [6, 6.07) is 12.5. The van der Waals surface area contributed by atoms with Crippen LogP contribution in [0.5, 0.6) is 0 Å². The molecule has 1 N–H and O–H groups in total. The van der Waals surface area contributed by atoms with Gasteiger partial charge in [-0.25, -0.2) is 4.39 Å². The predicted molar refractivity (Wildman–Crippen MR) is 87.2 cm³/mol. The third-order valence-corrected chi connectivity index (χ3v) is 3.96. The van der Waals surface area contributed by atoms with Crippen molar-refractivity contribution in [1.29, 1.82) is 0 Å². The van der Waals surface area contributed by atoms with E-state index in [9.17, 15) is 9.18 Å². The molecular weight excluding hydrogens is 277 g/mol. The molecule has 0 unspecified atom stereocenters. The van der Waals surface area contributed by atoms with Crippen LogP contribution in [0, 0.1) is 19.7 Å². The molecular formula is C19H22FNO. The first kappa shape index (κ1) is 16.2. The van der Waals surface area contributed by atoms with Crippen LogP contribution in [-0.2, 0) is 11.2 Å². The van der Waals surface area contributed by atoms with E-state index in [0.717, 1.165) is 11.1 Å². The van der Waals surface area contributed by atoms with Crippen LogP contribution >= 0.6 is 0 Å². The van der Waals surface area contributed by atoms with Gasteiger partial charge in [0.25, 0.3) is 0 Å². The zero-order chi connectivity index (χ0) is 16.1. The molecule has 1 amide bonds. The number of benzene rings is 2. The van der Waals surface area contributed by atoms with Crippen LogP contribution < -0.4 is 5.32 Å². The molecule has 0 aliphatic carbocycles. The Kier molecular flexibility index (Phi) is 5.31. The zero-order valence-electron chi connectivity index (χ0n) is 13.3. The van der Waals surface area contributed by atoms with Crippen LogP contribution in [0.25, 0.3) is 0 Å². The fourth-order valence-electron chi connectivity index (χ4n) is 2.34. The first-order chi connectivity index (χ1) is 10.5. The van der Waals surface area contributed by atoms with Gasteiger partial charge in [0.1, 0.15) is 5.82 Å². The number of halogens is 1. The Morgan fingerprint density at radius 3 is 2.41 bits per heavy atom. The fraction of sp³-hybridized carbons (Fsp3) is 0.316. The van der Waals surface area contributed by atoms with Crippen LogP contribution in [-0.4, -0.2) is 5.91 Å². The highest BCUT2D eigenvalue weighted by Gasteiger charge is 2.10. The molecule has 0 fully saturated rings. The Hall–Kier alpha value is -2.16. The van der Waals surface area contributed by atoms with Gasteiger partial charge in [-0.3, -0.25) is 4.79 Å². The number of nitrogens with one attached hydrogen (secondary N) is 1. The first-order valence-corrected chi connectivity index (χ1v) is 7.56. The predicted octanol–water partition coefficient (Wildman–Crippen LogP) is 4.25. The summed E-state index contributed by atoms with van der Waals surface area (Å²) in [5, 5.41) is 3.01. The molecule has 0 saturated carbocycles. The van der Waals surface area contributed by atoms with E-state index in [1.807, 2.05) is 13.0 Å². The van der Waals surface area contributed by atoms with E-state index in [2.05, 4.69) is 31.3 Å². The third-order valence-electron chi connectivity index (χ3n) is 3.96. The first-order valence-electron chi connectivity index (χ1n) is 7.56. The lowest BCUT2D eigenvalue weighted by atomic mass is 10.0. The molecule has 22 heavy (non-hydrogen) atoms. The van der Waals surface area contributed by atoms with Gasteiger partial charge in [-0.15, -0.1) is 0 Å². The van der Waals surface area contributed by atoms with Gasteiger partial charge < -0.3 is 5.32 Å². The number of carbonyl (C=O) groups is 1. The molecule has 116 valence electrons. The van der Waals surface area contributed by atoms with Gasteiger partial charge in [-0.1, -0.05) is 30.3 Å². The van der Waals surface area contributed by atoms with Crippen molar-refractivity contribution < 1.29 is 9.18 Å². The van der Waals surface area contributed by atoms with Gasteiger partial charge in [0.15, 0.2) is 0 Å². The van der Waals surface area contributed by atoms with E-state index in [0.29, 0.717) is 12.8 Å². The number of carbonyl (C=O) groups excluding carboxylic acids is 1. The SMILES string of the molecule is Cc1ccc([C@H](C)NC(=O)CCc2ccc(F)cc2)cc1C. The van der Waals surface area contributed by atoms with Crippen molar-refractivity contribution in [3.05, 3.63) is 70.5 Å². The Morgan fingerprint density at radius 1 is 1.09 bits per heavy atom. The van der Waals surface area contributed by atoms with Gasteiger partial charge >= 0.3 is 0 Å². The van der Waals surface area contributed by atoms with E-state index < -0.39 is 0 Å². The summed E-state index contributed by atoms with van der Waals surface area (Å²) in [5.74, 6) is -0.244. The number of aryl methyl sites for hydroxylation is 3. The molecule has 0 aliphatic rings. The van der Waals surface area contributed by atoms with Crippen molar-refractivity contribution in [2.45, 2.75) is 39.7 Å². The number of hydrogen-bond acceptors (Lipinski definition) is 1. The maximum absolute atomic E-state index is 12.8. The second-order valence-electron chi connectivity index (χ2n) is 5.76. The second kappa shape index (κ2) is 7.21. The highest BCUT2D eigenvalue weighted by molar-refractivity contribution is 5.76. The van der Waals surface area contributed by atoms with E-state index in [-0.39, 0.29) is 17.8 Å². The van der Waals surface area contributed by atoms with Crippen molar-refractivity contribution in [2.75, 3.05) is 0 Å². The van der Waals surface area contributed by atoms with Crippen molar-refractivity contribution in [2.24, 2.45) is 0 Å². The van der Waals surface area contributed by atoms with E-state index >= 15 is 0 Å². The highest BCUT2D eigenvalue weighted by Crippen LogP contribution is 2.17. The van der Waals surface area contributed by atoms with Crippen molar-refractivity contribution in [3.8, 4) is 0 Å². The molecule has 2 aromatic rings.